The molecule has 1 aromatic carbocycles. The maximum atomic E-state index is 12.6. The molecule has 6 nitrogen and oxygen atoms in total. The van der Waals surface area contributed by atoms with Gasteiger partial charge in [-0.2, -0.15) is 13.2 Å². The Morgan fingerprint density at radius 1 is 1.32 bits per heavy atom. The van der Waals surface area contributed by atoms with Gasteiger partial charge in [-0.25, -0.2) is 9.97 Å². The first kappa shape index (κ1) is 17.6. The number of rotatable bonds is 4. The van der Waals surface area contributed by atoms with E-state index in [0.717, 1.165) is 24.0 Å². The molecule has 0 saturated carbocycles. The molecule has 0 atom stereocenters. The van der Waals surface area contributed by atoms with Crippen LogP contribution in [-0.4, -0.2) is 28.4 Å². The van der Waals surface area contributed by atoms with E-state index in [-0.39, 0.29) is 22.7 Å². The average molecular weight is 392 g/mol. The number of alkyl halides is 3. The van der Waals surface area contributed by atoms with Crippen LogP contribution in [0, 0.1) is 0 Å². The lowest BCUT2D eigenvalue weighted by molar-refractivity contribution is -0.141. The number of aromatic nitrogens is 2. The number of ether oxygens (including phenoxy) is 2. The lowest BCUT2D eigenvalue weighted by Gasteiger charge is -2.09. The topological polar surface area (TPSA) is 73.3 Å². The number of thioether (sulfide) groups is 1. The van der Waals surface area contributed by atoms with E-state index < -0.39 is 17.8 Å². The van der Waals surface area contributed by atoms with Crippen LogP contribution in [0.15, 0.2) is 29.6 Å². The highest BCUT2D eigenvalue weighted by Crippen LogP contribution is 2.39. The fourth-order valence-electron chi connectivity index (χ4n) is 1.90. The zero-order chi connectivity index (χ0) is 18.0. The van der Waals surface area contributed by atoms with Gasteiger partial charge in [-0.3, -0.25) is 4.79 Å². The van der Waals surface area contributed by atoms with Gasteiger partial charge in [-0.1, -0.05) is 23.4 Å². The van der Waals surface area contributed by atoms with E-state index in [9.17, 15) is 18.0 Å². The number of anilines is 1. The summed E-state index contributed by atoms with van der Waals surface area (Å²) in [6, 6.07) is 3.77. The number of carbonyl (C=O) groups excluding carboxylic acids is 1. The lowest BCUT2D eigenvalue weighted by Crippen LogP contribution is -2.15. The van der Waals surface area contributed by atoms with Crippen molar-refractivity contribution in [2.75, 3.05) is 17.9 Å². The molecule has 3 rings (SSSR count). The summed E-state index contributed by atoms with van der Waals surface area (Å²) < 4.78 is 48.1. The smallest absolute Gasteiger partial charge is 0.433 e. The van der Waals surface area contributed by atoms with E-state index in [1.807, 2.05) is 0 Å². The van der Waals surface area contributed by atoms with Crippen molar-refractivity contribution in [3.05, 3.63) is 35.1 Å². The van der Waals surface area contributed by atoms with Crippen LogP contribution in [0.2, 0.25) is 5.02 Å². The van der Waals surface area contributed by atoms with E-state index in [2.05, 4.69) is 15.3 Å². The number of hydrogen-bond acceptors (Lipinski definition) is 6. The molecule has 1 aliphatic rings. The number of halogens is 4. The molecule has 0 saturated heterocycles. The summed E-state index contributed by atoms with van der Waals surface area (Å²) in [4.78, 5) is 19.1. The number of nitrogens with one attached hydrogen (secondary N) is 1. The first-order valence-electron chi connectivity index (χ1n) is 6.75. The molecular weight excluding hydrogens is 383 g/mol. The van der Waals surface area contributed by atoms with Crippen LogP contribution in [-0.2, 0) is 11.0 Å². The molecule has 1 N–H and O–H groups in total. The molecule has 0 spiro atoms. The third kappa shape index (κ3) is 4.26. The van der Waals surface area contributed by atoms with Gasteiger partial charge >= 0.3 is 6.18 Å². The summed E-state index contributed by atoms with van der Waals surface area (Å²) in [7, 11) is 0. The Morgan fingerprint density at radius 2 is 2.04 bits per heavy atom. The van der Waals surface area contributed by atoms with Gasteiger partial charge in [0.1, 0.15) is 5.69 Å². The van der Waals surface area contributed by atoms with Crippen molar-refractivity contribution in [1.82, 2.24) is 9.97 Å². The summed E-state index contributed by atoms with van der Waals surface area (Å²) in [5.74, 6) is 0.238. The number of nitrogens with zero attached hydrogens (tertiary/aromatic N) is 2. The number of hydrogen-bond donors (Lipinski definition) is 1. The normalized spacial score (nSPS) is 13.0. The minimum absolute atomic E-state index is 0.0613. The first-order valence-corrected chi connectivity index (χ1v) is 8.11. The second-order valence-corrected chi connectivity index (χ2v) is 6.09. The van der Waals surface area contributed by atoms with Gasteiger partial charge in [0.2, 0.25) is 12.7 Å². The molecule has 0 radical (unpaired) electrons. The molecule has 0 unspecified atom stereocenters. The van der Waals surface area contributed by atoms with E-state index in [1.165, 1.54) is 12.1 Å². The number of amides is 1. The highest BCUT2D eigenvalue weighted by molar-refractivity contribution is 7.99. The van der Waals surface area contributed by atoms with Gasteiger partial charge in [-0.15, -0.1) is 0 Å². The molecule has 2 heterocycles. The minimum Gasteiger partial charge on any atom is -0.454 e. The second kappa shape index (κ2) is 6.96. The third-order valence-electron chi connectivity index (χ3n) is 2.99. The standard InChI is InChI=1S/C14H9ClF3N3O3S/c15-7-3-9-10(24-6-23-9)4-8(7)20-12(22)5-25-13-19-2-1-11(21-13)14(16,17)18/h1-4H,5-6H2,(H,20,22). The maximum Gasteiger partial charge on any atom is 0.433 e. The molecule has 11 heteroatoms. The number of fused-ring (bicyclic) bond motifs is 1. The highest BCUT2D eigenvalue weighted by atomic mass is 35.5. The largest absolute Gasteiger partial charge is 0.454 e. The summed E-state index contributed by atoms with van der Waals surface area (Å²) in [5.41, 5.74) is -0.759. The zero-order valence-electron chi connectivity index (χ0n) is 12.3. The fourth-order valence-corrected chi connectivity index (χ4v) is 2.73. The van der Waals surface area contributed by atoms with Crippen molar-refractivity contribution in [2.24, 2.45) is 0 Å². The monoisotopic (exact) mass is 391 g/mol. The Hall–Kier alpha value is -2.20. The maximum absolute atomic E-state index is 12.6. The SMILES string of the molecule is O=C(CSc1nccc(C(F)(F)F)n1)Nc1cc2c(cc1Cl)OCO2. The summed E-state index contributed by atoms with van der Waals surface area (Å²) in [6.07, 6.45) is -3.58. The van der Waals surface area contributed by atoms with Crippen LogP contribution >= 0.6 is 23.4 Å². The van der Waals surface area contributed by atoms with Gasteiger partial charge in [0.05, 0.1) is 16.5 Å². The lowest BCUT2D eigenvalue weighted by atomic mass is 10.2. The fraction of sp³-hybridized carbons (Fsp3) is 0.214. The van der Waals surface area contributed by atoms with E-state index >= 15 is 0 Å². The van der Waals surface area contributed by atoms with Crippen molar-refractivity contribution in [1.29, 1.82) is 0 Å². The summed E-state index contributed by atoms with van der Waals surface area (Å²) in [5, 5.41) is 2.65. The van der Waals surface area contributed by atoms with Crippen LogP contribution in [0.1, 0.15) is 5.69 Å². The molecule has 1 aliphatic heterocycles. The van der Waals surface area contributed by atoms with Crippen LogP contribution in [0.3, 0.4) is 0 Å². The van der Waals surface area contributed by atoms with Crippen LogP contribution in [0.5, 0.6) is 11.5 Å². The van der Waals surface area contributed by atoms with Crippen LogP contribution < -0.4 is 14.8 Å². The van der Waals surface area contributed by atoms with Gasteiger partial charge in [0.15, 0.2) is 16.7 Å². The Bertz CT molecular complexity index is 820. The predicted molar refractivity (Wildman–Crippen MR) is 84.0 cm³/mol. The van der Waals surface area contributed by atoms with Gasteiger partial charge < -0.3 is 14.8 Å². The molecular formula is C14H9ClF3N3O3S. The van der Waals surface area contributed by atoms with Crippen LogP contribution in [0.4, 0.5) is 18.9 Å². The Balaban J connectivity index is 1.62. The highest BCUT2D eigenvalue weighted by Gasteiger charge is 2.32. The van der Waals surface area contributed by atoms with Gasteiger partial charge in [-0.05, 0) is 6.07 Å². The molecule has 1 amide bonds. The van der Waals surface area contributed by atoms with Gasteiger partial charge in [0.25, 0.3) is 0 Å². The Morgan fingerprint density at radius 3 is 2.76 bits per heavy atom. The number of carbonyl (C=O) groups is 1. The first-order chi connectivity index (χ1) is 11.8. The average Bonchev–Trinajstić information content (AvgIpc) is 3.00. The molecule has 0 fully saturated rings. The predicted octanol–water partition coefficient (Wildman–Crippen LogP) is 3.61. The van der Waals surface area contributed by atoms with Crippen molar-refractivity contribution in [3.8, 4) is 11.5 Å². The minimum atomic E-state index is -4.57. The van der Waals surface area contributed by atoms with E-state index in [1.54, 1.807) is 0 Å². The van der Waals surface area contributed by atoms with E-state index in [4.69, 9.17) is 21.1 Å². The van der Waals surface area contributed by atoms with Gasteiger partial charge in [0, 0.05) is 18.3 Å². The Kier molecular flexibility index (Phi) is 4.91. The van der Waals surface area contributed by atoms with Crippen molar-refractivity contribution >= 4 is 35.0 Å². The molecule has 0 bridgehead atoms. The number of benzene rings is 1. The molecule has 0 aliphatic carbocycles. The molecule has 25 heavy (non-hydrogen) atoms. The third-order valence-corrected chi connectivity index (χ3v) is 4.17. The summed E-state index contributed by atoms with van der Waals surface area (Å²) >= 11 is 6.81. The second-order valence-electron chi connectivity index (χ2n) is 4.74. The molecule has 1 aromatic heterocycles. The molecule has 2 aromatic rings. The van der Waals surface area contributed by atoms with Crippen molar-refractivity contribution < 1.29 is 27.4 Å². The van der Waals surface area contributed by atoms with Crippen molar-refractivity contribution in [2.45, 2.75) is 11.3 Å². The Labute approximate surface area is 148 Å². The van der Waals surface area contributed by atoms with E-state index in [0.29, 0.717) is 17.2 Å². The quantitative estimate of drug-likeness (QED) is 0.634. The zero-order valence-corrected chi connectivity index (χ0v) is 13.8. The van der Waals surface area contributed by atoms with Crippen molar-refractivity contribution in [3.63, 3.8) is 0 Å². The van der Waals surface area contributed by atoms with Crippen LogP contribution in [0.25, 0.3) is 0 Å². The summed E-state index contributed by atoms with van der Waals surface area (Å²) in [6.45, 7) is 0.0613. The molecule has 132 valence electrons.